The average molecular weight is 497 g/mol. The highest BCUT2D eigenvalue weighted by atomic mass is 35.5. The molecule has 3 aromatic carbocycles. The summed E-state index contributed by atoms with van der Waals surface area (Å²) in [5.74, 6) is -2.43. The van der Waals surface area contributed by atoms with Crippen molar-refractivity contribution in [2.45, 2.75) is 0 Å². The van der Waals surface area contributed by atoms with Gasteiger partial charge in [-0.1, -0.05) is 23.7 Å². The predicted octanol–water partition coefficient (Wildman–Crippen LogP) is 3.56. The first-order valence-electron chi connectivity index (χ1n) is 9.82. The molecule has 11 nitrogen and oxygen atoms in total. The van der Waals surface area contributed by atoms with Crippen LogP contribution >= 0.6 is 11.6 Å². The van der Waals surface area contributed by atoms with Crippen molar-refractivity contribution >= 4 is 47.0 Å². The predicted molar refractivity (Wildman–Crippen MR) is 127 cm³/mol. The van der Waals surface area contributed by atoms with E-state index < -0.39 is 22.7 Å². The minimum absolute atomic E-state index is 0.0937. The Kier molecular flexibility index (Phi) is 8.09. The smallest absolute Gasteiger partial charge is 0.343 e. The topological polar surface area (TPSA) is 149 Å². The van der Waals surface area contributed by atoms with E-state index in [9.17, 15) is 24.5 Å². The molecule has 35 heavy (non-hydrogen) atoms. The van der Waals surface area contributed by atoms with Crippen LogP contribution < -0.4 is 20.2 Å². The molecule has 0 aromatic heterocycles. The monoisotopic (exact) mass is 496 g/mol. The van der Waals surface area contributed by atoms with Crippen LogP contribution in [0.25, 0.3) is 0 Å². The van der Waals surface area contributed by atoms with Crippen LogP contribution in [0.15, 0.2) is 71.8 Å². The van der Waals surface area contributed by atoms with E-state index in [2.05, 4.69) is 15.8 Å². The van der Waals surface area contributed by atoms with Gasteiger partial charge in [0.05, 0.1) is 34.5 Å². The van der Waals surface area contributed by atoms with Gasteiger partial charge in [-0.05, 0) is 48.0 Å². The number of nitrogens with one attached hydrogen (secondary N) is 2. The number of methoxy groups -OCH3 is 1. The van der Waals surface area contributed by atoms with Crippen LogP contribution in [0.1, 0.15) is 15.9 Å². The molecule has 0 heterocycles. The molecule has 3 aromatic rings. The Morgan fingerprint density at radius 3 is 2.37 bits per heavy atom. The lowest BCUT2D eigenvalue weighted by Crippen LogP contribution is -2.32. The van der Waals surface area contributed by atoms with Crippen LogP contribution in [0.5, 0.6) is 11.5 Å². The molecule has 3 rings (SSSR count). The van der Waals surface area contributed by atoms with E-state index in [1.165, 1.54) is 55.8 Å². The molecule has 0 aliphatic rings. The normalized spacial score (nSPS) is 10.5. The molecule has 0 aliphatic carbocycles. The van der Waals surface area contributed by atoms with Gasteiger partial charge in [0.25, 0.3) is 5.69 Å². The van der Waals surface area contributed by atoms with Crippen LogP contribution in [0.2, 0.25) is 5.02 Å². The third kappa shape index (κ3) is 6.62. The minimum atomic E-state index is -1.01. The second-order valence-corrected chi connectivity index (χ2v) is 7.14. The molecule has 0 radical (unpaired) electrons. The van der Waals surface area contributed by atoms with Crippen molar-refractivity contribution in [2.24, 2.45) is 5.10 Å². The SMILES string of the molecule is COc1cc(/C=N/NC(=O)C(=O)Nc2ccccc2Cl)ccc1OC(=O)c1ccc([N+](=O)[O-])cc1. The summed E-state index contributed by atoms with van der Waals surface area (Å²) in [5.41, 5.74) is 2.79. The van der Waals surface area contributed by atoms with Gasteiger partial charge in [0.1, 0.15) is 0 Å². The maximum Gasteiger partial charge on any atom is 0.343 e. The molecule has 0 bridgehead atoms. The molecule has 0 saturated heterocycles. The van der Waals surface area contributed by atoms with Crippen molar-refractivity contribution in [1.29, 1.82) is 0 Å². The van der Waals surface area contributed by atoms with Gasteiger partial charge in [0, 0.05) is 12.1 Å². The standard InChI is InChI=1S/C23H17ClN4O7/c1-34-20-12-14(13-25-27-22(30)21(29)26-18-5-3-2-4-17(18)24)6-11-19(20)35-23(31)15-7-9-16(10-8-15)28(32)33/h2-13H,1H3,(H,26,29)(H,27,30)/b25-13+. The van der Waals surface area contributed by atoms with E-state index in [4.69, 9.17) is 21.1 Å². The number of rotatable bonds is 7. The summed E-state index contributed by atoms with van der Waals surface area (Å²) in [5, 5.41) is 17.1. The summed E-state index contributed by atoms with van der Waals surface area (Å²) in [6, 6.07) is 15.8. The summed E-state index contributed by atoms with van der Waals surface area (Å²) in [6.07, 6.45) is 1.26. The van der Waals surface area contributed by atoms with Crippen molar-refractivity contribution in [2.75, 3.05) is 12.4 Å². The number of carbonyl (C=O) groups excluding carboxylic acids is 3. The first-order chi connectivity index (χ1) is 16.8. The molecule has 0 aliphatic heterocycles. The van der Waals surface area contributed by atoms with Crippen molar-refractivity contribution in [3.05, 3.63) is 93.0 Å². The number of hydrogen-bond acceptors (Lipinski definition) is 8. The van der Waals surface area contributed by atoms with Gasteiger partial charge in [-0.15, -0.1) is 0 Å². The van der Waals surface area contributed by atoms with Gasteiger partial charge in [-0.2, -0.15) is 5.10 Å². The fourth-order valence-electron chi connectivity index (χ4n) is 2.68. The molecule has 2 N–H and O–H groups in total. The Balaban J connectivity index is 1.61. The zero-order chi connectivity index (χ0) is 25.4. The van der Waals surface area contributed by atoms with Crippen molar-refractivity contribution in [3.63, 3.8) is 0 Å². The highest BCUT2D eigenvalue weighted by Crippen LogP contribution is 2.28. The fraction of sp³-hybridized carbons (Fsp3) is 0.0435. The van der Waals surface area contributed by atoms with Crippen molar-refractivity contribution < 1.29 is 28.8 Å². The van der Waals surface area contributed by atoms with Crippen LogP contribution in [-0.2, 0) is 9.59 Å². The third-order valence-corrected chi connectivity index (χ3v) is 4.74. The van der Waals surface area contributed by atoms with Crippen LogP contribution in [0.4, 0.5) is 11.4 Å². The number of hydrogen-bond donors (Lipinski definition) is 2. The number of hydrazone groups is 1. The molecular formula is C23H17ClN4O7. The number of benzene rings is 3. The number of halogens is 1. The summed E-state index contributed by atoms with van der Waals surface area (Å²) >= 11 is 5.94. The maximum atomic E-state index is 12.3. The molecule has 0 unspecified atom stereocenters. The van der Waals surface area contributed by atoms with E-state index in [1.54, 1.807) is 24.3 Å². The largest absolute Gasteiger partial charge is 0.493 e. The van der Waals surface area contributed by atoms with Gasteiger partial charge < -0.3 is 14.8 Å². The highest BCUT2D eigenvalue weighted by molar-refractivity contribution is 6.41. The Labute approximate surface area is 203 Å². The van der Waals surface area contributed by atoms with Gasteiger partial charge in [-0.25, -0.2) is 10.2 Å². The average Bonchev–Trinajstić information content (AvgIpc) is 2.86. The molecule has 2 amide bonds. The first kappa shape index (κ1) is 24.9. The molecular weight excluding hydrogens is 480 g/mol. The molecule has 178 valence electrons. The van der Waals surface area contributed by atoms with E-state index in [1.807, 2.05) is 0 Å². The third-order valence-electron chi connectivity index (χ3n) is 4.41. The van der Waals surface area contributed by atoms with E-state index in [0.717, 1.165) is 0 Å². The van der Waals surface area contributed by atoms with E-state index in [0.29, 0.717) is 5.56 Å². The van der Waals surface area contributed by atoms with Crippen molar-refractivity contribution in [1.82, 2.24) is 5.43 Å². The Morgan fingerprint density at radius 1 is 1.00 bits per heavy atom. The Bertz CT molecular complexity index is 1310. The van der Waals surface area contributed by atoms with Gasteiger partial charge >= 0.3 is 17.8 Å². The lowest BCUT2D eigenvalue weighted by molar-refractivity contribution is -0.384. The number of esters is 1. The molecule has 12 heteroatoms. The van der Waals surface area contributed by atoms with Crippen LogP contribution in [0.3, 0.4) is 0 Å². The lowest BCUT2D eigenvalue weighted by atomic mass is 10.2. The number of nitro groups is 1. The van der Waals surface area contributed by atoms with Crippen LogP contribution in [-0.4, -0.2) is 36.0 Å². The number of carbonyl (C=O) groups is 3. The second-order valence-electron chi connectivity index (χ2n) is 6.74. The molecule has 0 fully saturated rings. The van der Waals surface area contributed by atoms with Crippen molar-refractivity contribution in [3.8, 4) is 11.5 Å². The van der Waals surface area contributed by atoms with Gasteiger partial charge in [0.2, 0.25) is 0 Å². The number of amides is 2. The second kappa shape index (κ2) is 11.4. The Hall–Kier alpha value is -4.77. The first-order valence-corrected chi connectivity index (χ1v) is 10.2. The number of ether oxygens (including phenoxy) is 2. The van der Waals surface area contributed by atoms with Gasteiger partial charge in [0.15, 0.2) is 11.5 Å². The quantitative estimate of drug-likeness (QED) is 0.127. The van der Waals surface area contributed by atoms with E-state index in [-0.39, 0.29) is 33.5 Å². The number of non-ortho nitro benzene ring substituents is 1. The summed E-state index contributed by atoms with van der Waals surface area (Å²) < 4.78 is 10.5. The highest BCUT2D eigenvalue weighted by Gasteiger charge is 2.16. The fourth-order valence-corrected chi connectivity index (χ4v) is 2.87. The Morgan fingerprint density at radius 2 is 1.71 bits per heavy atom. The van der Waals surface area contributed by atoms with Crippen LogP contribution in [0, 0.1) is 10.1 Å². The molecule has 0 spiro atoms. The number of nitrogens with zero attached hydrogens (tertiary/aromatic N) is 2. The zero-order valence-corrected chi connectivity index (χ0v) is 18.8. The van der Waals surface area contributed by atoms with E-state index >= 15 is 0 Å². The molecule has 0 atom stereocenters. The zero-order valence-electron chi connectivity index (χ0n) is 18.1. The maximum absolute atomic E-state index is 12.3. The summed E-state index contributed by atoms with van der Waals surface area (Å²) in [7, 11) is 1.36. The molecule has 0 saturated carbocycles. The number of para-hydroxylation sites is 1. The number of anilines is 1. The summed E-state index contributed by atoms with van der Waals surface area (Å²) in [4.78, 5) is 46.4. The summed E-state index contributed by atoms with van der Waals surface area (Å²) in [6.45, 7) is 0. The minimum Gasteiger partial charge on any atom is -0.493 e. The number of nitro benzene ring substituents is 1. The van der Waals surface area contributed by atoms with Gasteiger partial charge in [-0.3, -0.25) is 19.7 Å². The lowest BCUT2D eigenvalue weighted by Gasteiger charge is -2.10.